The van der Waals surface area contributed by atoms with E-state index in [0.29, 0.717) is 30.2 Å². The average Bonchev–Trinajstić information content (AvgIpc) is 2.78. The fourth-order valence-electron chi connectivity index (χ4n) is 2.93. The lowest BCUT2D eigenvalue weighted by Gasteiger charge is -2.25. The Bertz CT molecular complexity index is 1110. The number of nitrogens with two attached hydrogens (primary N) is 1. The fraction of sp³-hybridized carbons (Fsp3) is 0.190. The Kier molecular flexibility index (Phi) is 9.67. The monoisotopic (exact) mass is 534 g/mol. The zero-order valence-corrected chi connectivity index (χ0v) is 20.1. The van der Waals surface area contributed by atoms with Gasteiger partial charge in [-0.05, 0) is 22.0 Å². The molecule has 2 rings (SSSR count). The van der Waals surface area contributed by atoms with Gasteiger partial charge in [0.25, 0.3) is 0 Å². The van der Waals surface area contributed by atoms with Crippen LogP contribution >= 0.6 is 15.9 Å². The van der Waals surface area contributed by atoms with Crippen molar-refractivity contribution in [3.8, 4) is 11.5 Å². The third kappa shape index (κ3) is 6.60. The minimum Gasteiger partial charge on any atom is -0.494 e. The maximum atomic E-state index is 11.8. The third-order valence-corrected chi connectivity index (χ3v) is 4.87. The molecule has 0 spiro atoms. The van der Waals surface area contributed by atoms with Crippen LogP contribution in [0.2, 0.25) is 0 Å². The second-order valence-corrected chi connectivity index (χ2v) is 7.47. The Morgan fingerprint density at radius 2 is 1.94 bits per heavy atom. The molecule has 0 aliphatic heterocycles. The van der Waals surface area contributed by atoms with Gasteiger partial charge in [-0.25, -0.2) is 0 Å². The van der Waals surface area contributed by atoms with E-state index in [9.17, 15) is 14.9 Å². The summed E-state index contributed by atoms with van der Waals surface area (Å²) in [4.78, 5) is 33.4. The van der Waals surface area contributed by atoms with E-state index in [4.69, 9.17) is 10.6 Å². The van der Waals surface area contributed by atoms with Crippen molar-refractivity contribution in [2.75, 3.05) is 30.4 Å². The molecule has 34 heavy (non-hydrogen) atoms. The molecule has 0 bridgehead atoms. The first-order chi connectivity index (χ1) is 16.2. The van der Waals surface area contributed by atoms with Gasteiger partial charge in [-0.3, -0.25) is 14.9 Å². The fourth-order valence-corrected chi connectivity index (χ4v) is 3.44. The van der Waals surface area contributed by atoms with Gasteiger partial charge >= 0.3 is 5.69 Å². The van der Waals surface area contributed by atoms with Crippen LogP contribution in [0.1, 0.15) is 6.92 Å². The standard InChI is InChI=1S/C21H23BrN6O6/c1-5-7-27(8-6-2)18-11-16(24-13(3)29)17(12-20(18)32-4)25-26-21-15(22)9-14(33-34-23)10-19(21)28(30)31/h5-6,9-12H,1-2,7-8,23H2,3-4H3,(H,24,29). The molecule has 1 amide bonds. The zero-order valence-electron chi connectivity index (χ0n) is 18.5. The molecule has 0 aliphatic rings. The number of hydrogen-bond acceptors (Lipinski definition) is 10. The number of carbonyl (C=O) groups is 1. The van der Waals surface area contributed by atoms with Gasteiger partial charge in [-0.15, -0.1) is 23.4 Å². The van der Waals surface area contributed by atoms with Crippen LogP contribution < -0.4 is 25.7 Å². The van der Waals surface area contributed by atoms with Crippen molar-refractivity contribution < 1.29 is 24.3 Å². The van der Waals surface area contributed by atoms with E-state index in [2.05, 4.69) is 54.5 Å². The highest BCUT2D eigenvalue weighted by molar-refractivity contribution is 9.10. The van der Waals surface area contributed by atoms with Gasteiger partial charge in [0.1, 0.15) is 11.4 Å². The summed E-state index contributed by atoms with van der Waals surface area (Å²) in [5, 5.41) is 22.4. The van der Waals surface area contributed by atoms with E-state index >= 15 is 0 Å². The normalized spacial score (nSPS) is 10.6. The second-order valence-electron chi connectivity index (χ2n) is 6.61. The molecule has 0 aromatic heterocycles. The lowest BCUT2D eigenvalue weighted by Crippen LogP contribution is -2.24. The van der Waals surface area contributed by atoms with Crippen LogP contribution in [0.15, 0.2) is 64.3 Å². The van der Waals surface area contributed by atoms with Crippen molar-refractivity contribution in [2.24, 2.45) is 16.1 Å². The number of benzene rings is 2. The molecule has 0 fully saturated rings. The van der Waals surface area contributed by atoms with Gasteiger partial charge < -0.3 is 19.8 Å². The number of carbonyl (C=O) groups excluding carboxylic acids is 1. The Balaban J connectivity index is 2.64. The van der Waals surface area contributed by atoms with Crippen molar-refractivity contribution in [2.45, 2.75) is 6.92 Å². The molecule has 3 N–H and O–H groups in total. The number of halogens is 1. The summed E-state index contributed by atoms with van der Waals surface area (Å²) < 4.78 is 5.71. The Hall–Kier alpha value is -3.81. The number of amides is 1. The van der Waals surface area contributed by atoms with E-state index < -0.39 is 10.6 Å². The van der Waals surface area contributed by atoms with Crippen molar-refractivity contribution in [3.63, 3.8) is 0 Å². The number of ether oxygens (including phenoxy) is 1. The number of hydrogen-bond donors (Lipinski definition) is 2. The van der Waals surface area contributed by atoms with Crippen LogP contribution in [0, 0.1) is 10.1 Å². The van der Waals surface area contributed by atoms with Gasteiger partial charge in [0.15, 0.2) is 11.4 Å². The molecule has 0 heterocycles. The van der Waals surface area contributed by atoms with Gasteiger partial charge in [-0.1, -0.05) is 17.1 Å². The van der Waals surface area contributed by atoms with Crippen LogP contribution in [0.25, 0.3) is 0 Å². The first-order valence-corrected chi connectivity index (χ1v) is 10.4. The summed E-state index contributed by atoms with van der Waals surface area (Å²) in [5.74, 6) is 4.92. The van der Waals surface area contributed by atoms with Gasteiger partial charge in [0, 0.05) is 32.1 Å². The van der Waals surface area contributed by atoms with E-state index in [-0.39, 0.29) is 27.5 Å². The smallest absolute Gasteiger partial charge is 0.301 e. The summed E-state index contributed by atoms with van der Waals surface area (Å²) in [7, 11) is 1.48. The summed E-state index contributed by atoms with van der Waals surface area (Å²) in [6.07, 6.45) is 3.43. The van der Waals surface area contributed by atoms with E-state index in [1.165, 1.54) is 20.1 Å². The molecule has 0 aliphatic carbocycles. The molecule has 0 atom stereocenters. The van der Waals surface area contributed by atoms with Crippen molar-refractivity contribution in [3.05, 3.63) is 64.2 Å². The quantitative estimate of drug-likeness (QED) is 0.125. The van der Waals surface area contributed by atoms with Crippen LogP contribution in [0.4, 0.5) is 28.4 Å². The predicted molar refractivity (Wildman–Crippen MR) is 131 cm³/mol. The molecule has 0 unspecified atom stereocenters. The molecule has 2 aromatic rings. The average molecular weight is 535 g/mol. The highest BCUT2D eigenvalue weighted by Crippen LogP contribution is 2.43. The molecule has 180 valence electrons. The molecule has 12 nitrogen and oxygen atoms in total. The van der Waals surface area contributed by atoms with Crippen molar-refractivity contribution >= 4 is 50.3 Å². The van der Waals surface area contributed by atoms with Gasteiger partial charge in [0.05, 0.1) is 33.9 Å². The Morgan fingerprint density at radius 3 is 2.47 bits per heavy atom. The van der Waals surface area contributed by atoms with Crippen LogP contribution in [0.5, 0.6) is 11.5 Å². The highest BCUT2D eigenvalue weighted by Gasteiger charge is 2.21. The number of anilines is 2. The van der Waals surface area contributed by atoms with E-state index in [0.717, 1.165) is 6.07 Å². The summed E-state index contributed by atoms with van der Waals surface area (Å²) in [6, 6.07) is 5.67. The van der Waals surface area contributed by atoms with E-state index in [1.807, 2.05) is 4.90 Å². The number of azo groups is 1. The largest absolute Gasteiger partial charge is 0.494 e. The summed E-state index contributed by atoms with van der Waals surface area (Å²) in [5.41, 5.74) is 0.671. The number of nitro benzene ring substituents is 1. The minimum atomic E-state index is -0.663. The lowest BCUT2D eigenvalue weighted by atomic mass is 10.2. The van der Waals surface area contributed by atoms with Gasteiger partial charge in [0.2, 0.25) is 5.91 Å². The van der Waals surface area contributed by atoms with Crippen LogP contribution in [-0.4, -0.2) is 31.0 Å². The van der Waals surface area contributed by atoms with Crippen LogP contribution in [-0.2, 0) is 9.78 Å². The zero-order chi connectivity index (χ0) is 25.3. The van der Waals surface area contributed by atoms with E-state index in [1.54, 1.807) is 24.3 Å². The molecular weight excluding hydrogens is 512 g/mol. The minimum absolute atomic E-state index is 0.0190. The lowest BCUT2D eigenvalue weighted by molar-refractivity contribution is -0.384. The molecular formula is C21H23BrN6O6. The number of rotatable bonds is 12. The Morgan fingerprint density at radius 1 is 1.26 bits per heavy atom. The number of methoxy groups -OCH3 is 1. The highest BCUT2D eigenvalue weighted by atomic mass is 79.9. The molecule has 2 aromatic carbocycles. The number of nitrogens with zero attached hydrogens (tertiary/aromatic N) is 4. The molecule has 0 saturated carbocycles. The number of nitro groups is 1. The van der Waals surface area contributed by atoms with Crippen molar-refractivity contribution in [1.82, 2.24) is 0 Å². The summed E-state index contributed by atoms with van der Waals surface area (Å²) >= 11 is 3.21. The summed E-state index contributed by atoms with van der Waals surface area (Å²) in [6.45, 7) is 9.84. The first kappa shape index (κ1) is 26.4. The van der Waals surface area contributed by atoms with Gasteiger partial charge in [-0.2, -0.15) is 5.90 Å². The topological polar surface area (TPSA) is 154 Å². The van der Waals surface area contributed by atoms with Crippen molar-refractivity contribution in [1.29, 1.82) is 0 Å². The Labute approximate surface area is 203 Å². The predicted octanol–water partition coefficient (Wildman–Crippen LogP) is 5.10. The SMILES string of the molecule is C=CCN(CC=C)c1cc(NC(C)=O)c(N=Nc2c(Br)cc(OON)cc2[N+](=O)[O-])cc1OC. The number of nitrogens with one attached hydrogen (secondary N) is 1. The second kappa shape index (κ2) is 12.4. The maximum absolute atomic E-state index is 11.8. The maximum Gasteiger partial charge on any atom is 0.301 e. The molecule has 0 saturated heterocycles. The third-order valence-electron chi connectivity index (χ3n) is 4.26. The molecule has 0 radical (unpaired) electrons. The van der Waals surface area contributed by atoms with Crippen LogP contribution in [0.3, 0.4) is 0 Å². The molecule has 13 heteroatoms. The first-order valence-electron chi connectivity index (χ1n) is 9.65.